The van der Waals surface area contributed by atoms with Gasteiger partial charge in [0.25, 0.3) is 0 Å². The molecule has 0 unspecified atom stereocenters. The van der Waals surface area contributed by atoms with Gasteiger partial charge < -0.3 is 0 Å². The topological polar surface area (TPSA) is 17.1 Å². The normalized spacial score (nSPS) is 18.4. The van der Waals surface area contributed by atoms with Crippen LogP contribution in [0.4, 0.5) is 0 Å². The molecule has 1 heteroatoms. The van der Waals surface area contributed by atoms with Gasteiger partial charge in [-0.2, -0.15) is 0 Å². The number of hydrogen-bond donors (Lipinski definition) is 0. The summed E-state index contributed by atoms with van der Waals surface area (Å²) in [5.41, 5.74) is 3.06. The molecular formula is C13H16O. The second kappa shape index (κ2) is 4.75. The summed E-state index contributed by atoms with van der Waals surface area (Å²) in [6.45, 7) is 9.31. The predicted molar refractivity (Wildman–Crippen MR) is 60.0 cm³/mol. The molecule has 0 aromatic carbocycles. The van der Waals surface area contributed by atoms with Gasteiger partial charge in [-0.3, -0.25) is 4.79 Å². The molecule has 0 saturated carbocycles. The SMILES string of the molecule is C=C/C=C(\C=C)C1=C(C)C(=O)CCC1. The van der Waals surface area contributed by atoms with E-state index in [0.29, 0.717) is 6.42 Å². The lowest BCUT2D eigenvalue weighted by molar-refractivity contribution is -0.116. The smallest absolute Gasteiger partial charge is 0.158 e. The van der Waals surface area contributed by atoms with Crippen LogP contribution in [-0.4, -0.2) is 5.78 Å². The molecule has 0 aromatic rings. The fourth-order valence-corrected chi connectivity index (χ4v) is 1.75. The highest BCUT2D eigenvalue weighted by atomic mass is 16.1. The minimum absolute atomic E-state index is 0.267. The Kier molecular flexibility index (Phi) is 3.63. The quantitative estimate of drug-likeness (QED) is 0.621. The second-order valence-corrected chi connectivity index (χ2v) is 3.44. The van der Waals surface area contributed by atoms with Crippen molar-refractivity contribution in [3.8, 4) is 0 Å². The van der Waals surface area contributed by atoms with E-state index in [1.807, 2.05) is 13.0 Å². The van der Waals surface area contributed by atoms with Crippen molar-refractivity contribution in [1.29, 1.82) is 0 Å². The van der Waals surface area contributed by atoms with E-state index in [0.717, 1.165) is 29.6 Å². The lowest BCUT2D eigenvalue weighted by Gasteiger charge is -2.17. The molecular weight excluding hydrogens is 172 g/mol. The van der Waals surface area contributed by atoms with Crippen LogP contribution in [0.2, 0.25) is 0 Å². The standard InChI is InChI=1S/C13H16O/c1-4-7-11(5-2)12-8-6-9-13(14)10(12)3/h4-5,7H,1-2,6,8-9H2,3H3/b11-7+. The Bertz CT molecular complexity index is 326. The molecule has 0 amide bonds. The summed E-state index contributed by atoms with van der Waals surface area (Å²) in [6, 6.07) is 0. The Labute approximate surface area is 85.5 Å². The summed E-state index contributed by atoms with van der Waals surface area (Å²) >= 11 is 0. The van der Waals surface area contributed by atoms with Crippen LogP contribution in [0.5, 0.6) is 0 Å². The summed E-state index contributed by atoms with van der Waals surface area (Å²) in [5.74, 6) is 0.267. The van der Waals surface area contributed by atoms with E-state index in [4.69, 9.17) is 0 Å². The highest BCUT2D eigenvalue weighted by Crippen LogP contribution is 2.27. The van der Waals surface area contributed by atoms with Gasteiger partial charge in [-0.15, -0.1) is 0 Å². The Morgan fingerprint density at radius 2 is 2.07 bits per heavy atom. The van der Waals surface area contributed by atoms with Crippen LogP contribution in [0.3, 0.4) is 0 Å². The van der Waals surface area contributed by atoms with E-state index in [1.165, 1.54) is 0 Å². The average Bonchev–Trinajstić information content (AvgIpc) is 2.19. The van der Waals surface area contributed by atoms with Crippen molar-refractivity contribution >= 4 is 5.78 Å². The van der Waals surface area contributed by atoms with Gasteiger partial charge in [0.2, 0.25) is 0 Å². The third-order valence-electron chi connectivity index (χ3n) is 2.57. The van der Waals surface area contributed by atoms with Crippen LogP contribution < -0.4 is 0 Å². The number of ketones is 1. The molecule has 74 valence electrons. The minimum atomic E-state index is 0.267. The molecule has 0 atom stereocenters. The molecule has 0 aromatic heterocycles. The highest BCUT2D eigenvalue weighted by molar-refractivity contribution is 5.97. The van der Waals surface area contributed by atoms with Gasteiger partial charge in [0.15, 0.2) is 5.78 Å². The monoisotopic (exact) mass is 188 g/mol. The molecule has 14 heavy (non-hydrogen) atoms. The zero-order valence-electron chi connectivity index (χ0n) is 8.68. The molecule has 0 bridgehead atoms. The molecule has 0 heterocycles. The maximum Gasteiger partial charge on any atom is 0.158 e. The molecule has 0 fully saturated rings. The van der Waals surface area contributed by atoms with Gasteiger partial charge in [0.1, 0.15) is 0 Å². The molecule has 0 spiro atoms. The average molecular weight is 188 g/mol. The molecule has 0 N–H and O–H groups in total. The number of rotatable bonds is 3. The van der Waals surface area contributed by atoms with E-state index >= 15 is 0 Å². The van der Waals surface area contributed by atoms with Gasteiger partial charge >= 0.3 is 0 Å². The summed E-state index contributed by atoms with van der Waals surface area (Å²) < 4.78 is 0. The highest BCUT2D eigenvalue weighted by Gasteiger charge is 2.17. The number of carbonyl (C=O) groups is 1. The Morgan fingerprint density at radius 3 is 2.64 bits per heavy atom. The third-order valence-corrected chi connectivity index (χ3v) is 2.57. The predicted octanol–water partition coefficient (Wildman–Crippen LogP) is 3.35. The number of hydrogen-bond acceptors (Lipinski definition) is 1. The van der Waals surface area contributed by atoms with Crippen LogP contribution in [0.25, 0.3) is 0 Å². The number of carbonyl (C=O) groups excluding carboxylic acids is 1. The van der Waals surface area contributed by atoms with Crippen molar-refractivity contribution in [3.63, 3.8) is 0 Å². The number of allylic oxidation sites excluding steroid dienone is 6. The number of Topliss-reactive ketones (excluding diaryl/α,β-unsaturated/α-hetero) is 1. The van der Waals surface area contributed by atoms with Gasteiger partial charge in [-0.05, 0) is 36.5 Å². The molecule has 1 aliphatic carbocycles. The van der Waals surface area contributed by atoms with Crippen molar-refractivity contribution in [2.75, 3.05) is 0 Å². The van der Waals surface area contributed by atoms with Crippen molar-refractivity contribution in [2.45, 2.75) is 26.2 Å². The van der Waals surface area contributed by atoms with E-state index in [1.54, 1.807) is 12.2 Å². The van der Waals surface area contributed by atoms with Crippen molar-refractivity contribution in [3.05, 3.63) is 48.1 Å². The molecule has 0 radical (unpaired) electrons. The Balaban J connectivity index is 3.11. The molecule has 0 saturated heterocycles. The van der Waals surface area contributed by atoms with Crippen LogP contribution in [0.1, 0.15) is 26.2 Å². The zero-order valence-corrected chi connectivity index (χ0v) is 8.68. The van der Waals surface area contributed by atoms with Crippen LogP contribution in [0, 0.1) is 0 Å². The first-order valence-electron chi connectivity index (χ1n) is 4.89. The van der Waals surface area contributed by atoms with E-state index in [2.05, 4.69) is 13.2 Å². The Hall–Kier alpha value is -1.37. The first-order valence-corrected chi connectivity index (χ1v) is 4.89. The Morgan fingerprint density at radius 1 is 1.36 bits per heavy atom. The lowest BCUT2D eigenvalue weighted by atomic mass is 9.87. The molecule has 0 aliphatic heterocycles. The third kappa shape index (κ3) is 2.11. The summed E-state index contributed by atoms with van der Waals surface area (Å²) in [6.07, 6.45) is 8.05. The summed E-state index contributed by atoms with van der Waals surface area (Å²) in [7, 11) is 0. The van der Waals surface area contributed by atoms with Crippen LogP contribution >= 0.6 is 0 Å². The van der Waals surface area contributed by atoms with Crippen LogP contribution in [-0.2, 0) is 4.79 Å². The van der Waals surface area contributed by atoms with Gasteiger partial charge in [0, 0.05) is 6.42 Å². The minimum Gasteiger partial charge on any atom is -0.295 e. The summed E-state index contributed by atoms with van der Waals surface area (Å²) in [4.78, 5) is 11.5. The lowest BCUT2D eigenvalue weighted by Crippen LogP contribution is -2.10. The van der Waals surface area contributed by atoms with E-state index in [-0.39, 0.29) is 5.78 Å². The van der Waals surface area contributed by atoms with Crippen molar-refractivity contribution in [1.82, 2.24) is 0 Å². The maximum atomic E-state index is 11.5. The fourth-order valence-electron chi connectivity index (χ4n) is 1.75. The fraction of sp³-hybridized carbons (Fsp3) is 0.308. The molecule has 1 rings (SSSR count). The van der Waals surface area contributed by atoms with E-state index < -0.39 is 0 Å². The largest absolute Gasteiger partial charge is 0.295 e. The van der Waals surface area contributed by atoms with Gasteiger partial charge in [-0.1, -0.05) is 31.4 Å². The first kappa shape index (κ1) is 10.7. The van der Waals surface area contributed by atoms with Gasteiger partial charge in [0.05, 0.1) is 0 Å². The molecule has 1 aliphatic rings. The van der Waals surface area contributed by atoms with Crippen molar-refractivity contribution in [2.24, 2.45) is 0 Å². The maximum absolute atomic E-state index is 11.5. The molecule has 1 nitrogen and oxygen atoms in total. The van der Waals surface area contributed by atoms with Gasteiger partial charge in [-0.25, -0.2) is 0 Å². The summed E-state index contributed by atoms with van der Waals surface area (Å²) in [5, 5.41) is 0. The second-order valence-electron chi connectivity index (χ2n) is 3.44. The van der Waals surface area contributed by atoms with E-state index in [9.17, 15) is 4.79 Å². The van der Waals surface area contributed by atoms with Crippen LogP contribution in [0.15, 0.2) is 48.1 Å². The van der Waals surface area contributed by atoms with Crippen molar-refractivity contribution < 1.29 is 4.79 Å². The first-order chi connectivity index (χ1) is 6.70. The zero-order chi connectivity index (χ0) is 10.6.